The van der Waals surface area contributed by atoms with E-state index in [0.717, 1.165) is 19.4 Å². The van der Waals surface area contributed by atoms with Gasteiger partial charge in [-0.2, -0.15) is 0 Å². The number of unbranched alkanes of at least 4 members (excludes halogenated alkanes) is 1. The Hall–Kier alpha value is -3.11. The molecule has 1 fully saturated rings. The number of nitrogens with one attached hydrogen (secondary N) is 2. The van der Waals surface area contributed by atoms with Gasteiger partial charge in [0.25, 0.3) is 0 Å². The number of nitrogens with zero attached hydrogens (tertiary/aromatic N) is 4. The highest BCUT2D eigenvalue weighted by atomic mass is 35.5. The minimum absolute atomic E-state index is 0.192. The second-order valence-electron chi connectivity index (χ2n) is 7.28. The molecule has 172 valence electrons. The molecule has 2 aromatic rings. The highest BCUT2D eigenvalue weighted by Gasteiger charge is 2.13. The topological polar surface area (TPSA) is 127 Å². The Morgan fingerprint density at radius 3 is 2.88 bits per heavy atom. The summed E-state index contributed by atoms with van der Waals surface area (Å²) >= 11 is 6.32. The number of urea groups is 1. The van der Waals surface area contributed by atoms with Crippen molar-refractivity contribution in [3.63, 3.8) is 0 Å². The Labute approximate surface area is 192 Å². The monoisotopic (exact) mass is 461 g/mol. The average Bonchev–Trinajstić information content (AvgIpc) is 3.29. The van der Waals surface area contributed by atoms with Gasteiger partial charge in [0.1, 0.15) is 30.6 Å². The molecular weight excluding hydrogens is 434 g/mol. The minimum Gasteiger partial charge on any atom is -0.438 e. The van der Waals surface area contributed by atoms with Gasteiger partial charge in [0.15, 0.2) is 0 Å². The number of oxime groups is 1. The van der Waals surface area contributed by atoms with Crippen LogP contribution in [0.2, 0.25) is 5.02 Å². The van der Waals surface area contributed by atoms with E-state index in [2.05, 4.69) is 35.5 Å². The number of nitrogen functional groups attached to an aromatic ring is 1. The van der Waals surface area contributed by atoms with Crippen molar-refractivity contribution in [2.45, 2.75) is 25.7 Å². The molecule has 11 heteroatoms. The number of halogens is 1. The van der Waals surface area contributed by atoms with E-state index in [4.69, 9.17) is 22.1 Å². The maximum atomic E-state index is 12.2. The second-order valence-corrected chi connectivity index (χ2v) is 7.68. The lowest BCUT2D eigenvalue weighted by Crippen LogP contribution is -2.30. The molecule has 3 rings (SSSR count). The highest BCUT2D eigenvalue weighted by molar-refractivity contribution is 6.33. The number of anilines is 2. The van der Waals surface area contributed by atoms with Crippen LogP contribution in [0.15, 0.2) is 29.7 Å². The Balaban J connectivity index is 1.50. The summed E-state index contributed by atoms with van der Waals surface area (Å²) in [5.74, 6) is 0.798. The van der Waals surface area contributed by atoms with Crippen molar-refractivity contribution in [3.8, 4) is 11.6 Å². The van der Waals surface area contributed by atoms with E-state index in [-0.39, 0.29) is 17.7 Å². The molecule has 4 N–H and O–H groups in total. The molecule has 1 aliphatic rings. The standard InChI is InChI=1S/C21H28ClN7O3/c1-31-27-13-16-19(23)25-14-26-20(16)32-15-6-7-18(17(22)12-15)28-21(30)24-8-2-3-9-29-10-4-5-11-29/h6-7,12-14H,2-5,8-11H2,1H3,(H2,23,25,26)(H2,24,28,30). The zero-order valence-corrected chi connectivity index (χ0v) is 18.8. The molecular formula is C21H28ClN7O3. The SMILES string of the molecule is CON=Cc1c(N)ncnc1Oc1ccc(NC(=O)NCCCCN2CCCC2)c(Cl)c1. The molecule has 32 heavy (non-hydrogen) atoms. The van der Waals surface area contributed by atoms with E-state index in [1.807, 2.05) is 0 Å². The molecule has 10 nitrogen and oxygen atoms in total. The average molecular weight is 462 g/mol. The lowest BCUT2D eigenvalue weighted by atomic mass is 10.3. The van der Waals surface area contributed by atoms with Crippen molar-refractivity contribution >= 4 is 35.4 Å². The normalized spacial score (nSPS) is 13.9. The fraction of sp³-hybridized carbons (Fsp3) is 0.429. The predicted molar refractivity (Wildman–Crippen MR) is 125 cm³/mol. The van der Waals surface area contributed by atoms with Crippen LogP contribution in [-0.4, -0.2) is 60.4 Å². The first-order chi connectivity index (χ1) is 15.6. The molecule has 1 saturated heterocycles. The van der Waals surface area contributed by atoms with Gasteiger partial charge in [-0.15, -0.1) is 0 Å². The molecule has 0 radical (unpaired) electrons. The van der Waals surface area contributed by atoms with Gasteiger partial charge in [0.2, 0.25) is 5.88 Å². The number of carbonyl (C=O) groups excluding carboxylic acids is 1. The number of amides is 2. The largest absolute Gasteiger partial charge is 0.438 e. The summed E-state index contributed by atoms with van der Waals surface area (Å²) in [4.78, 5) is 27.3. The zero-order valence-electron chi connectivity index (χ0n) is 18.0. The molecule has 0 spiro atoms. The zero-order chi connectivity index (χ0) is 22.8. The summed E-state index contributed by atoms with van der Waals surface area (Å²) in [6.07, 6.45) is 7.22. The third-order valence-corrected chi connectivity index (χ3v) is 5.27. The van der Waals surface area contributed by atoms with Gasteiger partial charge in [0, 0.05) is 12.6 Å². The maximum absolute atomic E-state index is 12.2. The van der Waals surface area contributed by atoms with Gasteiger partial charge < -0.3 is 30.8 Å². The van der Waals surface area contributed by atoms with Crippen molar-refractivity contribution in [2.75, 3.05) is 44.3 Å². The number of hydrogen-bond acceptors (Lipinski definition) is 8. The van der Waals surface area contributed by atoms with Crippen LogP contribution in [0.1, 0.15) is 31.2 Å². The van der Waals surface area contributed by atoms with E-state index >= 15 is 0 Å². The van der Waals surface area contributed by atoms with E-state index in [0.29, 0.717) is 28.6 Å². The molecule has 1 aliphatic heterocycles. The first-order valence-electron chi connectivity index (χ1n) is 10.5. The van der Waals surface area contributed by atoms with E-state index in [9.17, 15) is 4.79 Å². The third kappa shape index (κ3) is 6.96. The van der Waals surface area contributed by atoms with Crippen LogP contribution in [0.3, 0.4) is 0 Å². The number of carbonyl (C=O) groups is 1. The summed E-state index contributed by atoms with van der Waals surface area (Å²) in [6.45, 7) is 4.09. The van der Waals surface area contributed by atoms with Crippen LogP contribution in [0.25, 0.3) is 0 Å². The quantitative estimate of drug-likeness (QED) is 0.281. The lowest BCUT2D eigenvalue weighted by molar-refractivity contribution is 0.215. The maximum Gasteiger partial charge on any atom is 0.319 e. The van der Waals surface area contributed by atoms with Crippen LogP contribution in [0, 0.1) is 0 Å². The van der Waals surface area contributed by atoms with Crippen LogP contribution < -0.4 is 21.1 Å². The van der Waals surface area contributed by atoms with Gasteiger partial charge >= 0.3 is 6.03 Å². The van der Waals surface area contributed by atoms with Crippen LogP contribution in [0.5, 0.6) is 11.6 Å². The summed E-state index contributed by atoms with van der Waals surface area (Å²) in [7, 11) is 1.41. The molecule has 0 saturated carbocycles. The number of benzene rings is 1. The van der Waals surface area contributed by atoms with E-state index in [1.165, 1.54) is 45.6 Å². The fourth-order valence-electron chi connectivity index (χ4n) is 3.31. The summed E-state index contributed by atoms with van der Waals surface area (Å²) in [5, 5.41) is 9.60. The fourth-order valence-corrected chi connectivity index (χ4v) is 3.53. The Bertz CT molecular complexity index is 936. The van der Waals surface area contributed by atoms with Gasteiger partial charge in [-0.05, 0) is 57.5 Å². The molecule has 2 heterocycles. The Morgan fingerprint density at radius 1 is 1.31 bits per heavy atom. The van der Waals surface area contributed by atoms with Crippen LogP contribution in [0.4, 0.5) is 16.3 Å². The van der Waals surface area contributed by atoms with Crippen molar-refractivity contribution in [3.05, 3.63) is 35.1 Å². The molecule has 1 aromatic heterocycles. The van der Waals surface area contributed by atoms with E-state index < -0.39 is 0 Å². The molecule has 0 atom stereocenters. The van der Waals surface area contributed by atoms with Gasteiger partial charge in [0.05, 0.1) is 16.9 Å². The number of aromatic nitrogens is 2. The molecule has 0 bridgehead atoms. The minimum atomic E-state index is -0.302. The summed E-state index contributed by atoms with van der Waals surface area (Å²) < 4.78 is 5.77. The summed E-state index contributed by atoms with van der Waals surface area (Å²) in [6, 6.07) is 4.58. The second kappa shape index (κ2) is 12.1. The van der Waals surface area contributed by atoms with Crippen molar-refractivity contribution in [1.82, 2.24) is 20.2 Å². The molecule has 2 amide bonds. The lowest BCUT2D eigenvalue weighted by Gasteiger charge is -2.14. The first-order valence-corrected chi connectivity index (χ1v) is 10.9. The van der Waals surface area contributed by atoms with Crippen molar-refractivity contribution in [2.24, 2.45) is 5.16 Å². The highest BCUT2D eigenvalue weighted by Crippen LogP contribution is 2.30. The molecule has 0 unspecified atom stereocenters. The number of ether oxygens (including phenoxy) is 1. The predicted octanol–water partition coefficient (Wildman–Crippen LogP) is 3.48. The third-order valence-electron chi connectivity index (χ3n) is 4.95. The number of rotatable bonds is 10. The van der Waals surface area contributed by atoms with E-state index in [1.54, 1.807) is 18.2 Å². The van der Waals surface area contributed by atoms with Gasteiger partial charge in [-0.3, -0.25) is 0 Å². The molecule has 0 aliphatic carbocycles. The van der Waals surface area contributed by atoms with Crippen LogP contribution in [-0.2, 0) is 4.84 Å². The molecule has 1 aromatic carbocycles. The van der Waals surface area contributed by atoms with Crippen molar-refractivity contribution < 1.29 is 14.4 Å². The number of likely N-dealkylation sites (tertiary alicyclic amines) is 1. The first kappa shape index (κ1) is 23.6. The number of hydrogen-bond donors (Lipinski definition) is 3. The van der Waals surface area contributed by atoms with Crippen molar-refractivity contribution in [1.29, 1.82) is 0 Å². The van der Waals surface area contributed by atoms with Gasteiger partial charge in [-0.1, -0.05) is 16.8 Å². The van der Waals surface area contributed by atoms with Gasteiger partial charge in [-0.25, -0.2) is 14.8 Å². The van der Waals surface area contributed by atoms with Crippen LogP contribution >= 0.6 is 11.6 Å². The Morgan fingerprint density at radius 2 is 2.12 bits per heavy atom. The Kier molecular flexibility index (Phi) is 8.88. The summed E-state index contributed by atoms with van der Waals surface area (Å²) in [5.41, 5.74) is 6.70. The smallest absolute Gasteiger partial charge is 0.319 e. The number of nitrogens with two attached hydrogens (primary N) is 1.